The molecule has 1 atom stereocenters. The molecule has 1 amide bonds. The molecule has 2 aliphatic rings. The van der Waals surface area contributed by atoms with E-state index in [1.165, 1.54) is 11.1 Å². The van der Waals surface area contributed by atoms with E-state index in [1.807, 2.05) is 35.2 Å². The van der Waals surface area contributed by atoms with Crippen molar-refractivity contribution in [1.82, 2.24) is 15.0 Å². The Kier molecular flexibility index (Phi) is 5.32. The minimum atomic E-state index is 0.0793. The summed E-state index contributed by atoms with van der Waals surface area (Å²) in [5.41, 5.74) is 4.54. The molecule has 3 aromatic rings. The summed E-state index contributed by atoms with van der Waals surface area (Å²) in [5, 5.41) is 4.13. The van der Waals surface area contributed by atoms with E-state index in [1.54, 1.807) is 0 Å². The number of hydrogen-bond acceptors (Lipinski definition) is 5. The fourth-order valence-electron chi connectivity index (χ4n) is 4.77. The van der Waals surface area contributed by atoms with Crippen LogP contribution in [0.4, 0.5) is 5.69 Å². The number of fused-ring (bicyclic) bond motifs is 1. The number of amides is 1. The molecule has 1 fully saturated rings. The first kappa shape index (κ1) is 19.9. The normalized spacial score (nSPS) is 19.5. The molecule has 31 heavy (non-hydrogen) atoms. The summed E-state index contributed by atoms with van der Waals surface area (Å²) < 4.78 is 5.48. The van der Waals surface area contributed by atoms with Gasteiger partial charge < -0.3 is 9.42 Å². The molecule has 6 nitrogen and oxygen atoms in total. The first-order valence-electron chi connectivity index (χ1n) is 11.1. The molecule has 2 aromatic carbocycles. The zero-order valence-electron chi connectivity index (χ0n) is 18.1. The topological polar surface area (TPSA) is 62.5 Å². The van der Waals surface area contributed by atoms with E-state index in [9.17, 15) is 4.79 Å². The van der Waals surface area contributed by atoms with Crippen molar-refractivity contribution in [2.75, 3.05) is 18.0 Å². The maximum Gasteiger partial charge on any atom is 0.241 e. The van der Waals surface area contributed by atoms with Crippen LogP contribution in [0.3, 0.4) is 0 Å². The third-order valence-electron chi connectivity index (χ3n) is 6.52. The van der Waals surface area contributed by atoms with Crippen LogP contribution >= 0.6 is 0 Å². The van der Waals surface area contributed by atoms with Gasteiger partial charge in [-0.2, -0.15) is 4.98 Å². The second kappa shape index (κ2) is 8.27. The second-order valence-electron chi connectivity index (χ2n) is 8.82. The number of aryl methyl sites for hydroxylation is 1. The summed E-state index contributed by atoms with van der Waals surface area (Å²) in [6, 6.07) is 16.6. The lowest BCUT2D eigenvalue weighted by Gasteiger charge is -2.34. The third kappa shape index (κ3) is 4.00. The molecule has 0 radical (unpaired) electrons. The Morgan fingerprint density at radius 1 is 1.10 bits per heavy atom. The number of piperidine rings is 1. The molecule has 1 aromatic heterocycles. The molecule has 0 spiro atoms. The summed E-state index contributed by atoms with van der Waals surface area (Å²) in [7, 11) is 0. The SMILES string of the molecule is Cc1ccc(-c2noc(CN3CCC(C(=O)N4c5ccccc5CC4C)CC3)n2)cc1. The molecule has 3 heterocycles. The average Bonchev–Trinajstić information content (AvgIpc) is 3.38. The van der Waals surface area contributed by atoms with Gasteiger partial charge in [-0.1, -0.05) is 53.2 Å². The summed E-state index contributed by atoms with van der Waals surface area (Å²) in [6.45, 7) is 6.56. The van der Waals surface area contributed by atoms with Crippen molar-refractivity contribution in [1.29, 1.82) is 0 Å². The minimum Gasteiger partial charge on any atom is -0.338 e. The van der Waals surface area contributed by atoms with Gasteiger partial charge in [0, 0.05) is 23.2 Å². The molecule has 2 aliphatic heterocycles. The number of aromatic nitrogens is 2. The average molecular weight is 417 g/mol. The Hall–Kier alpha value is -2.99. The predicted molar refractivity (Wildman–Crippen MR) is 120 cm³/mol. The number of para-hydroxylation sites is 1. The number of rotatable bonds is 4. The van der Waals surface area contributed by atoms with Gasteiger partial charge >= 0.3 is 0 Å². The lowest BCUT2D eigenvalue weighted by atomic mass is 9.95. The number of anilines is 1. The summed E-state index contributed by atoms with van der Waals surface area (Å²) >= 11 is 0. The first-order chi connectivity index (χ1) is 15.1. The molecule has 5 rings (SSSR count). The van der Waals surface area contributed by atoms with Crippen molar-refractivity contribution in [2.45, 2.75) is 45.7 Å². The van der Waals surface area contributed by atoms with Gasteiger partial charge in [-0.05, 0) is 57.8 Å². The Balaban J connectivity index is 1.19. The van der Waals surface area contributed by atoms with Gasteiger partial charge in [-0.25, -0.2) is 0 Å². The van der Waals surface area contributed by atoms with E-state index >= 15 is 0 Å². The molecular weight excluding hydrogens is 388 g/mol. The maximum absolute atomic E-state index is 13.3. The number of benzene rings is 2. The van der Waals surface area contributed by atoms with Crippen LogP contribution in [-0.2, 0) is 17.8 Å². The van der Waals surface area contributed by atoms with E-state index in [2.05, 4.69) is 47.1 Å². The van der Waals surface area contributed by atoms with E-state index in [0.29, 0.717) is 18.3 Å². The summed E-state index contributed by atoms with van der Waals surface area (Å²) in [5.74, 6) is 1.61. The van der Waals surface area contributed by atoms with Crippen molar-refractivity contribution >= 4 is 11.6 Å². The van der Waals surface area contributed by atoms with Crippen LogP contribution in [0.2, 0.25) is 0 Å². The molecule has 0 saturated carbocycles. The highest BCUT2D eigenvalue weighted by Gasteiger charge is 2.36. The maximum atomic E-state index is 13.3. The van der Waals surface area contributed by atoms with Crippen LogP contribution in [0.5, 0.6) is 0 Å². The molecule has 0 aliphatic carbocycles. The summed E-state index contributed by atoms with van der Waals surface area (Å²) in [6.07, 6.45) is 2.67. The number of nitrogens with zero attached hydrogens (tertiary/aromatic N) is 4. The molecule has 0 bridgehead atoms. The Labute approximate surface area is 182 Å². The molecule has 160 valence electrons. The highest BCUT2D eigenvalue weighted by molar-refractivity contribution is 5.97. The Bertz CT molecular complexity index is 1070. The van der Waals surface area contributed by atoms with E-state index in [4.69, 9.17) is 4.52 Å². The molecule has 1 saturated heterocycles. The van der Waals surface area contributed by atoms with Gasteiger partial charge in [0.1, 0.15) is 0 Å². The highest BCUT2D eigenvalue weighted by atomic mass is 16.5. The lowest BCUT2D eigenvalue weighted by Crippen LogP contribution is -2.44. The third-order valence-corrected chi connectivity index (χ3v) is 6.52. The predicted octanol–water partition coefficient (Wildman–Crippen LogP) is 4.23. The fourth-order valence-corrected chi connectivity index (χ4v) is 4.77. The number of carbonyl (C=O) groups is 1. The van der Waals surface area contributed by atoms with Crippen LogP contribution in [0.15, 0.2) is 53.1 Å². The van der Waals surface area contributed by atoms with Crippen LogP contribution < -0.4 is 4.90 Å². The Morgan fingerprint density at radius 3 is 2.61 bits per heavy atom. The van der Waals surface area contributed by atoms with Crippen LogP contribution in [-0.4, -0.2) is 40.1 Å². The second-order valence-corrected chi connectivity index (χ2v) is 8.82. The van der Waals surface area contributed by atoms with Crippen molar-refractivity contribution < 1.29 is 9.32 Å². The van der Waals surface area contributed by atoms with Gasteiger partial charge in [0.15, 0.2) is 0 Å². The van der Waals surface area contributed by atoms with Crippen molar-refractivity contribution in [2.24, 2.45) is 5.92 Å². The number of carbonyl (C=O) groups excluding carboxylic acids is 1. The summed E-state index contributed by atoms with van der Waals surface area (Å²) in [4.78, 5) is 22.2. The van der Waals surface area contributed by atoms with E-state index < -0.39 is 0 Å². The van der Waals surface area contributed by atoms with Crippen molar-refractivity contribution in [3.8, 4) is 11.4 Å². The number of likely N-dealkylation sites (tertiary alicyclic amines) is 1. The highest BCUT2D eigenvalue weighted by Crippen LogP contribution is 2.34. The molecule has 6 heteroatoms. The quantitative estimate of drug-likeness (QED) is 0.637. The van der Waals surface area contributed by atoms with Crippen molar-refractivity contribution in [3.05, 3.63) is 65.5 Å². The van der Waals surface area contributed by atoms with E-state index in [0.717, 1.165) is 43.6 Å². The van der Waals surface area contributed by atoms with Crippen molar-refractivity contribution in [3.63, 3.8) is 0 Å². The van der Waals surface area contributed by atoms with Crippen LogP contribution in [0, 0.1) is 12.8 Å². The Morgan fingerprint density at radius 2 is 1.84 bits per heavy atom. The van der Waals surface area contributed by atoms with Gasteiger partial charge in [0.05, 0.1) is 6.54 Å². The fraction of sp³-hybridized carbons (Fsp3) is 0.400. The molecule has 0 N–H and O–H groups in total. The lowest BCUT2D eigenvalue weighted by molar-refractivity contribution is -0.124. The van der Waals surface area contributed by atoms with Crippen LogP contribution in [0.1, 0.15) is 36.8 Å². The van der Waals surface area contributed by atoms with Gasteiger partial charge in [0.2, 0.25) is 17.6 Å². The standard InChI is InChI=1S/C25H28N4O2/c1-17-7-9-19(10-8-17)24-26-23(31-27-24)16-28-13-11-20(12-14-28)25(30)29-18(2)15-21-5-3-4-6-22(21)29/h3-10,18,20H,11-16H2,1-2H3. The monoisotopic (exact) mass is 416 g/mol. The largest absolute Gasteiger partial charge is 0.338 e. The smallest absolute Gasteiger partial charge is 0.241 e. The zero-order valence-corrected chi connectivity index (χ0v) is 18.1. The molecule has 1 unspecified atom stereocenters. The number of hydrogen-bond donors (Lipinski definition) is 0. The molecular formula is C25H28N4O2. The zero-order chi connectivity index (χ0) is 21.4. The van der Waals surface area contributed by atoms with Gasteiger partial charge in [-0.3, -0.25) is 9.69 Å². The van der Waals surface area contributed by atoms with Gasteiger partial charge in [0.25, 0.3) is 0 Å². The van der Waals surface area contributed by atoms with Crippen LogP contribution in [0.25, 0.3) is 11.4 Å². The van der Waals surface area contributed by atoms with Gasteiger partial charge in [-0.15, -0.1) is 0 Å². The van der Waals surface area contributed by atoms with E-state index in [-0.39, 0.29) is 17.9 Å². The first-order valence-corrected chi connectivity index (χ1v) is 11.1. The minimum absolute atomic E-state index is 0.0793.